The third-order valence-electron chi connectivity index (χ3n) is 3.08. The Labute approximate surface area is 103 Å². The highest BCUT2D eigenvalue weighted by Gasteiger charge is 2.32. The zero-order valence-electron chi connectivity index (χ0n) is 11.4. The van der Waals surface area contributed by atoms with E-state index in [0.29, 0.717) is 13.1 Å². The van der Waals surface area contributed by atoms with E-state index in [1.807, 2.05) is 27.7 Å². The van der Waals surface area contributed by atoms with Crippen LogP contribution in [0.2, 0.25) is 0 Å². The molecule has 4 nitrogen and oxygen atoms in total. The van der Waals surface area contributed by atoms with Crippen molar-refractivity contribution in [2.24, 2.45) is 11.8 Å². The minimum atomic E-state index is -0.461. The van der Waals surface area contributed by atoms with E-state index in [9.17, 15) is 9.59 Å². The summed E-state index contributed by atoms with van der Waals surface area (Å²) < 4.78 is 5.32. The number of carbonyl (C=O) groups is 2. The number of likely N-dealkylation sites (tertiary alicyclic amines) is 1. The van der Waals surface area contributed by atoms with E-state index >= 15 is 0 Å². The van der Waals surface area contributed by atoms with Gasteiger partial charge in [-0.25, -0.2) is 4.79 Å². The first kappa shape index (κ1) is 14.0. The molecule has 0 aliphatic carbocycles. The van der Waals surface area contributed by atoms with Crippen molar-refractivity contribution < 1.29 is 14.3 Å². The molecule has 1 aliphatic heterocycles. The molecule has 0 spiro atoms. The van der Waals surface area contributed by atoms with E-state index in [2.05, 4.69) is 0 Å². The van der Waals surface area contributed by atoms with Gasteiger partial charge in [-0.1, -0.05) is 6.92 Å². The van der Waals surface area contributed by atoms with Crippen molar-refractivity contribution in [1.29, 1.82) is 0 Å². The van der Waals surface area contributed by atoms with Crippen LogP contribution in [0.25, 0.3) is 0 Å². The molecule has 98 valence electrons. The van der Waals surface area contributed by atoms with Gasteiger partial charge in [0.1, 0.15) is 11.4 Å². The molecule has 1 aliphatic rings. The zero-order valence-corrected chi connectivity index (χ0v) is 11.4. The van der Waals surface area contributed by atoms with Crippen molar-refractivity contribution in [3.63, 3.8) is 0 Å². The Morgan fingerprint density at radius 3 is 2.29 bits per heavy atom. The predicted octanol–water partition coefficient (Wildman–Crippen LogP) is 2.47. The molecule has 0 aromatic carbocycles. The molecule has 0 aromatic rings. The molecule has 1 amide bonds. The largest absolute Gasteiger partial charge is 0.444 e. The van der Waals surface area contributed by atoms with Gasteiger partial charge in [0.2, 0.25) is 0 Å². The lowest BCUT2D eigenvalue weighted by molar-refractivity contribution is -0.123. The average Bonchev–Trinajstić information content (AvgIpc) is 2.14. The molecule has 1 heterocycles. The minimum Gasteiger partial charge on any atom is -0.444 e. The summed E-state index contributed by atoms with van der Waals surface area (Å²) in [4.78, 5) is 24.9. The lowest BCUT2D eigenvalue weighted by atomic mass is 9.84. The number of Topliss-reactive ketones (excluding diaryl/α,β-unsaturated/α-hetero) is 1. The molecule has 1 rings (SSSR count). The molecule has 2 unspecified atom stereocenters. The van der Waals surface area contributed by atoms with E-state index in [-0.39, 0.29) is 23.7 Å². The van der Waals surface area contributed by atoms with E-state index < -0.39 is 5.60 Å². The number of hydrogen-bond donors (Lipinski definition) is 0. The maximum Gasteiger partial charge on any atom is 0.410 e. The Bertz CT molecular complexity index is 306. The molecule has 17 heavy (non-hydrogen) atoms. The van der Waals surface area contributed by atoms with Crippen LogP contribution in [-0.4, -0.2) is 35.5 Å². The predicted molar refractivity (Wildman–Crippen MR) is 65.8 cm³/mol. The zero-order chi connectivity index (χ0) is 13.2. The van der Waals surface area contributed by atoms with E-state index in [0.717, 1.165) is 6.42 Å². The third kappa shape index (κ3) is 4.02. The summed E-state index contributed by atoms with van der Waals surface area (Å²) >= 11 is 0. The molecule has 2 atom stereocenters. The maximum atomic E-state index is 11.9. The van der Waals surface area contributed by atoms with Gasteiger partial charge >= 0.3 is 6.09 Å². The first-order chi connectivity index (χ1) is 7.70. The van der Waals surface area contributed by atoms with Crippen molar-refractivity contribution in [3.05, 3.63) is 0 Å². The average molecular weight is 241 g/mol. The Kier molecular flexibility index (Phi) is 4.17. The van der Waals surface area contributed by atoms with Gasteiger partial charge in [-0.2, -0.15) is 0 Å². The van der Waals surface area contributed by atoms with E-state index in [1.165, 1.54) is 0 Å². The molecular formula is C13H23NO3. The van der Waals surface area contributed by atoms with E-state index in [4.69, 9.17) is 4.74 Å². The number of carbonyl (C=O) groups excluding carboxylic acids is 2. The Morgan fingerprint density at radius 1 is 1.29 bits per heavy atom. The normalized spacial score (nSPS) is 25.6. The third-order valence-corrected chi connectivity index (χ3v) is 3.08. The van der Waals surface area contributed by atoms with E-state index in [1.54, 1.807) is 11.8 Å². The van der Waals surface area contributed by atoms with Gasteiger partial charge in [-0.05, 0) is 40.0 Å². The quantitative estimate of drug-likeness (QED) is 0.708. The highest BCUT2D eigenvalue weighted by atomic mass is 16.6. The minimum absolute atomic E-state index is 0.0914. The van der Waals surface area contributed by atoms with Crippen molar-refractivity contribution in [2.45, 2.75) is 46.6 Å². The summed E-state index contributed by atoms with van der Waals surface area (Å²) in [6.07, 6.45) is 0.474. The molecule has 0 radical (unpaired) electrons. The molecule has 0 aromatic heterocycles. The SMILES string of the molecule is CC(=O)C1CCN(C(=O)OC(C)(C)C)CC1C. The number of amides is 1. The standard InChI is InChI=1S/C13H23NO3/c1-9-8-14(7-6-11(9)10(2)15)12(16)17-13(3,4)5/h9,11H,6-8H2,1-5H3. The fraction of sp³-hybridized carbons (Fsp3) is 0.846. The molecule has 4 heteroatoms. The molecule has 0 saturated carbocycles. The number of hydrogen-bond acceptors (Lipinski definition) is 3. The second kappa shape index (κ2) is 5.07. The van der Waals surface area contributed by atoms with Gasteiger partial charge in [-0.15, -0.1) is 0 Å². The van der Waals surface area contributed by atoms with Crippen LogP contribution in [0.5, 0.6) is 0 Å². The smallest absolute Gasteiger partial charge is 0.410 e. The molecule has 0 bridgehead atoms. The lowest BCUT2D eigenvalue weighted by Gasteiger charge is -2.36. The lowest BCUT2D eigenvalue weighted by Crippen LogP contribution is -2.46. The second-order valence-electron chi connectivity index (χ2n) is 5.91. The fourth-order valence-corrected chi connectivity index (χ4v) is 2.24. The topological polar surface area (TPSA) is 46.6 Å². The summed E-state index contributed by atoms with van der Waals surface area (Å²) in [5.41, 5.74) is -0.461. The first-order valence-corrected chi connectivity index (χ1v) is 6.19. The van der Waals surface area contributed by atoms with Gasteiger partial charge in [0.15, 0.2) is 0 Å². The van der Waals surface area contributed by atoms with Gasteiger partial charge in [0.05, 0.1) is 0 Å². The molecule has 1 fully saturated rings. The van der Waals surface area contributed by atoms with Crippen molar-refractivity contribution in [3.8, 4) is 0 Å². The Balaban J connectivity index is 2.55. The first-order valence-electron chi connectivity index (χ1n) is 6.19. The van der Waals surface area contributed by atoms with Crippen LogP contribution in [0.1, 0.15) is 41.0 Å². The van der Waals surface area contributed by atoms with Gasteiger partial charge < -0.3 is 9.64 Å². The molecule has 0 N–H and O–H groups in total. The number of nitrogens with zero attached hydrogens (tertiary/aromatic N) is 1. The van der Waals surface area contributed by atoms with Crippen LogP contribution in [0.3, 0.4) is 0 Å². The summed E-state index contributed by atoms with van der Waals surface area (Å²) in [7, 11) is 0. The van der Waals surface area contributed by atoms with Crippen LogP contribution in [0.4, 0.5) is 4.79 Å². The summed E-state index contributed by atoms with van der Waals surface area (Å²) in [6.45, 7) is 10.4. The fourth-order valence-electron chi connectivity index (χ4n) is 2.24. The number of piperidine rings is 1. The van der Waals surface area contributed by atoms with Crippen molar-refractivity contribution >= 4 is 11.9 Å². The maximum absolute atomic E-state index is 11.9. The number of ether oxygens (including phenoxy) is 1. The van der Waals surface area contributed by atoms with Crippen molar-refractivity contribution in [1.82, 2.24) is 4.90 Å². The highest BCUT2D eigenvalue weighted by Crippen LogP contribution is 2.25. The number of rotatable bonds is 1. The van der Waals surface area contributed by atoms with Crippen LogP contribution in [0, 0.1) is 11.8 Å². The monoisotopic (exact) mass is 241 g/mol. The molecule has 1 saturated heterocycles. The number of ketones is 1. The van der Waals surface area contributed by atoms with Crippen LogP contribution in [-0.2, 0) is 9.53 Å². The molecular weight excluding hydrogens is 218 g/mol. The van der Waals surface area contributed by atoms with Crippen LogP contribution < -0.4 is 0 Å². The second-order valence-corrected chi connectivity index (χ2v) is 5.91. The summed E-state index contributed by atoms with van der Waals surface area (Å²) in [6, 6.07) is 0. The van der Waals surface area contributed by atoms with Crippen LogP contribution in [0.15, 0.2) is 0 Å². The van der Waals surface area contributed by atoms with Gasteiger partial charge in [0, 0.05) is 19.0 Å². The van der Waals surface area contributed by atoms with Gasteiger partial charge in [-0.3, -0.25) is 4.79 Å². The Morgan fingerprint density at radius 2 is 1.88 bits per heavy atom. The highest BCUT2D eigenvalue weighted by molar-refractivity contribution is 5.79. The van der Waals surface area contributed by atoms with Crippen LogP contribution >= 0.6 is 0 Å². The summed E-state index contributed by atoms with van der Waals surface area (Å²) in [5, 5.41) is 0. The van der Waals surface area contributed by atoms with Gasteiger partial charge in [0.25, 0.3) is 0 Å². The van der Waals surface area contributed by atoms with Crippen molar-refractivity contribution in [2.75, 3.05) is 13.1 Å². The summed E-state index contributed by atoms with van der Waals surface area (Å²) in [5.74, 6) is 0.531. The Hall–Kier alpha value is -1.06.